The van der Waals surface area contributed by atoms with Crippen molar-refractivity contribution < 1.29 is 0 Å². The Morgan fingerprint density at radius 2 is 1.84 bits per heavy atom. The molecule has 1 aromatic carbocycles. The van der Waals surface area contributed by atoms with E-state index in [1.54, 1.807) is 0 Å². The summed E-state index contributed by atoms with van der Waals surface area (Å²) >= 11 is 0. The van der Waals surface area contributed by atoms with Crippen LogP contribution < -0.4 is 5.32 Å². The van der Waals surface area contributed by atoms with Crippen LogP contribution in [0.3, 0.4) is 0 Å². The minimum absolute atomic E-state index is 0.794. The summed E-state index contributed by atoms with van der Waals surface area (Å²) in [6.45, 7) is 4.61. The first kappa shape index (κ1) is 16.8. The Kier molecular flexibility index (Phi) is 5.48. The van der Waals surface area contributed by atoms with Gasteiger partial charge in [0.05, 0.1) is 11.4 Å². The molecule has 2 heterocycles. The van der Waals surface area contributed by atoms with Crippen LogP contribution in [0, 0.1) is 5.92 Å². The summed E-state index contributed by atoms with van der Waals surface area (Å²) in [7, 11) is 0. The van der Waals surface area contributed by atoms with E-state index < -0.39 is 0 Å². The van der Waals surface area contributed by atoms with Crippen LogP contribution in [0.4, 0.5) is 0 Å². The number of hydrogen-bond donors (Lipinski definition) is 1. The average Bonchev–Trinajstić information content (AvgIpc) is 3.35. The van der Waals surface area contributed by atoms with Gasteiger partial charge in [-0.25, -0.2) is 4.68 Å². The Morgan fingerprint density at radius 1 is 1.00 bits per heavy atom. The minimum atomic E-state index is 0.794. The maximum absolute atomic E-state index is 4.48. The van der Waals surface area contributed by atoms with Crippen molar-refractivity contribution in [1.29, 1.82) is 0 Å². The number of para-hydroxylation sites is 1. The highest BCUT2D eigenvalue weighted by Crippen LogP contribution is 2.27. The van der Waals surface area contributed by atoms with Crippen LogP contribution in [-0.4, -0.2) is 40.4 Å². The van der Waals surface area contributed by atoms with E-state index in [0.717, 1.165) is 30.7 Å². The number of rotatable bonds is 6. The van der Waals surface area contributed by atoms with Crippen LogP contribution in [0.15, 0.2) is 42.6 Å². The molecule has 1 aliphatic heterocycles. The summed E-state index contributed by atoms with van der Waals surface area (Å²) < 4.78 is 2.04. The molecule has 1 saturated heterocycles. The van der Waals surface area contributed by atoms with E-state index in [9.17, 15) is 0 Å². The molecule has 2 fully saturated rings. The molecule has 0 spiro atoms. The number of benzene rings is 1. The van der Waals surface area contributed by atoms with Crippen molar-refractivity contribution >= 4 is 0 Å². The quantitative estimate of drug-likeness (QED) is 0.873. The Hall–Kier alpha value is -1.65. The molecule has 1 aliphatic carbocycles. The van der Waals surface area contributed by atoms with Gasteiger partial charge in [-0.15, -0.1) is 0 Å². The second kappa shape index (κ2) is 8.15. The van der Waals surface area contributed by atoms with Crippen molar-refractivity contribution in [2.75, 3.05) is 19.6 Å². The maximum atomic E-state index is 4.48. The van der Waals surface area contributed by atoms with Crippen molar-refractivity contribution in [3.8, 4) is 5.69 Å². The maximum Gasteiger partial charge on any atom is 0.0649 e. The van der Waals surface area contributed by atoms with Gasteiger partial charge in [0.15, 0.2) is 0 Å². The molecule has 0 radical (unpaired) electrons. The first-order valence-electron chi connectivity index (χ1n) is 9.93. The summed E-state index contributed by atoms with van der Waals surface area (Å²) in [6.07, 6.45) is 10.4. The summed E-state index contributed by atoms with van der Waals surface area (Å²) in [5, 5.41) is 8.18. The highest BCUT2D eigenvalue weighted by Gasteiger charge is 2.27. The fraction of sp³-hybridized carbons (Fsp3) is 0.571. The lowest BCUT2D eigenvalue weighted by atomic mass is 9.96. The standard InChI is InChI=1S/C21H30N4/c1-2-10-20(11-3-1)25-21(12-13-23-25)16-22-15-18-7-6-14-24(17-18)19-8-4-5-9-19/h1-3,10-13,18-19,22H,4-9,14-17H2. The van der Waals surface area contributed by atoms with Gasteiger partial charge < -0.3 is 10.2 Å². The number of nitrogens with one attached hydrogen (secondary N) is 1. The fourth-order valence-electron chi connectivity index (χ4n) is 4.54. The Balaban J connectivity index is 1.29. The molecule has 1 N–H and O–H groups in total. The van der Waals surface area contributed by atoms with E-state index in [4.69, 9.17) is 0 Å². The molecule has 0 amide bonds. The van der Waals surface area contributed by atoms with Crippen LogP contribution in [-0.2, 0) is 6.54 Å². The first-order valence-corrected chi connectivity index (χ1v) is 9.93. The predicted molar refractivity (Wildman–Crippen MR) is 102 cm³/mol. The third kappa shape index (κ3) is 4.13. The predicted octanol–water partition coefficient (Wildman–Crippen LogP) is 3.62. The molecule has 1 atom stereocenters. The number of nitrogens with zero attached hydrogens (tertiary/aromatic N) is 3. The Morgan fingerprint density at radius 3 is 2.68 bits per heavy atom. The molecule has 1 aromatic heterocycles. The number of aromatic nitrogens is 2. The van der Waals surface area contributed by atoms with E-state index in [0.29, 0.717) is 0 Å². The summed E-state index contributed by atoms with van der Waals surface area (Å²) in [5.74, 6) is 0.794. The number of piperidine rings is 1. The molecule has 4 heteroatoms. The van der Waals surface area contributed by atoms with Crippen molar-refractivity contribution in [2.24, 2.45) is 5.92 Å². The van der Waals surface area contributed by atoms with E-state index in [1.165, 1.54) is 57.3 Å². The molecule has 0 bridgehead atoms. The third-order valence-electron chi connectivity index (χ3n) is 5.85. The number of hydrogen-bond acceptors (Lipinski definition) is 3. The lowest BCUT2D eigenvalue weighted by molar-refractivity contribution is 0.124. The SMILES string of the molecule is c1ccc(-n2nccc2CNCC2CCCN(C3CCCC3)C2)cc1. The molecular formula is C21H30N4. The smallest absolute Gasteiger partial charge is 0.0649 e. The van der Waals surface area contributed by atoms with Gasteiger partial charge in [-0.2, -0.15) is 5.10 Å². The van der Waals surface area contributed by atoms with Crippen LogP contribution in [0.5, 0.6) is 0 Å². The van der Waals surface area contributed by atoms with Crippen LogP contribution >= 0.6 is 0 Å². The van der Waals surface area contributed by atoms with E-state index in [-0.39, 0.29) is 0 Å². The van der Waals surface area contributed by atoms with Gasteiger partial charge in [-0.3, -0.25) is 0 Å². The topological polar surface area (TPSA) is 33.1 Å². The normalized spacial score (nSPS) is 22.5. The zero-order valence-corrected chi connectivity index (χ0v) is 15.1. The van der Waals surface area contributed by atoms with Gasteiger partial charge in [0.25, 0.3) is 0 Å². The summed E-state index contributed by atoms with van der Waals surface area (Å²) in [4.78, 5) is 2.77. The largest absolute Gasteiger partial charge is 0.311 e. The minimum Gasteiger partial charge on any atom is -0.311 e. The molecule has 25 heavy (non-hydrogen) atoms. The molecule has 134 valence electrons. The highest BCUT2D eigenvalue weighted by atomic mass is 15.3. The van der Waals surface area contributed by atoms with Crippen LogP contribution in [0.25, 0.3) is 5.69 Å². The summed E-state index contributed by atoms with van der Waals surface area (Å²) in [5.41, 5.74) is 2.36. The zero-order chi connectivity index (χ0) is 16.9. The highest BCUT2D eigenvalue weighted by molar-refractivity contribution is 5.32. The Labute approximate surface area is 151 Å². The lowest BCUT2D eigenvalue weighted by Crippen LogP contribution is -2.44. The van der Waals surface area contributed by atoms with E-state index in [1.807, 2.05) is 16.9 Å². The lowest BCUT2D eigenvalue weighted by Gasteiger charge is -2.37. The van der Waals surface area contributed by atoms with Gasteiger partial charge in [0.1, 0.15) is 0 Å². The molecular weight excluding hydrogens is 308 g/mol. The average molecular weight is 338 g/mol. The molecule has 4 rings (SSSR count). The van der Waals surface area contributed by atoms with Gasteiger partial charge >= 0.3 is 0 Å². The van der Waals surface area contributed by atoms with E-state index in [2.05, 4.69) is 45.6 Å². The van der Waals surface area contributed by atoms with Crippen molar-refractivity contribution in [1.82, 2.24) is 20.0 Å². The number of likely N-dealkylation sites (tertiary alicyclic amines) is 1. The van der Waals surface area contributed by atoms with Crippen molar-refractivity contribution in [3.63, 3.8) is 0 Å². The Bertz CT molecular complexity index is 645. The monoisotopic (exact) mass is 338 g/mol. The van der Waals surface area contributed by atoms with Crippen molar-refractivity contribution in [3.05, 3.63) is 48.3 Å². The molecule has 1 unspecified atom stereocenters. The third-order valence-corrected chi connectivity index (χ3v) is 5.85. The van der Waals surface area contributed by atoms with Crippen LogP contribution in [0.1, 0.15) is 44.2 Å². The van der Waals surface area contributed by atoms with E-state index >= 15 is 0 Å². The first-order chi connectivity index (χ1) is 12.4. The van der Waals surface area contributed by atoms with Crippen molar-refractivity contribution in [2.45, 2.75) is 51.1 Å². The second-order valence-electron chi connectivity index (χ2n) is 7.64. The van der Waals surface area contributed by atoms with Gasteiger partial charge in [0.2, 0.25) is 0 Å². The molecule has 2 aliphatic rings. The molecule has 4 nitrogen and oxygen atoms in total. The molecule has 2 aromatic rings. The summed E-state index contributed by atoms with van der Waals surface area (Å²) in [6, 6.07) is 13.4. The van der Waals surface area contributed by atoms with Gasteiger partial charge in [-0.1, -0.05) is 31.0 Å². The second-order valence-corrected chi connectivity index (χ2v) is 7.64. The van der Waals surface area contributed by atoms with Crippen LogP contribution in [0.2, 0.25) is 0 Å². The van der Waals surface area contributed by atoms with Gasteiger partial charge in [0, 0.05) is 25.3 Å². The molecule has 1 saturated carbocycles. The van der Waals surface area contributed by atoms with Gasteiger partial charge in [-0.05, 0) is 62.9 Å². The fourth-order valence-corrected chi connectivity index (χ4v) is 4.54. The zero-order valence-electron chi connectivity index (χ0n) is 15.1.